The molecule has 1 aliphatic heterocycles. The van der Waals surface area contributed by atoms with Crippen LogP contribution in [0.1, 0.15) is 30.7 Å². The molecular weight excluding hydrogens is 292 g/mol. The summed E-state index contributed by atoms with van der Waals surface area (Å²) >= 11 is 0. The normalized spacial score (nSPS) is 18.2. The summed E-state index contributed by atoms with van der Waals surface area (Å²) in [7, 11) is 0. The zero-order valence-corrected chi connectivity index (χ0v) is 13.6. The summed E-state index contributed by atoms with van der Waals surface area (Å²) in [5, 5.41) is 13.1. The molecule has 3 rings (SSSR count). The van der Waals surface area contributed by atoms with Gasteiger partial charge in [0.05, 0.1) is 5.69 Å². The Bertz CT molecular complexity index is 693. The van der Waals surface area contributed by atoms with Crippen molar-refractivity contribution in [1.29, 1.82) is 0 Å². The molecule has 1 fully saturated rings. The number of hydrogen-bond donors (Lipinski definition) is 1. The van der Waals surface area contributed by atoms with Crippen LogP contribution in [0.2, 0.25) is 0 Å². The van der Waals surface area contributed by atoms with Crippen LogP contribution in [-0.2, 0) is 4.79 Å². The zero-order chi connectivity index (χ0) is 16.4. The summed E-state index contributed by atoms with van der Waals surface area (Å²) in [4.78, 5) is 13.3. The zero-order valence-electron chi connectivity index (χ0n) is 13.6. The molecule has 0 aromatic carbocycles. The van der Waals surface area contributed by atoms with E-state index in [2.05, 4.69) is 20.2 Å². The molecule has 0 bridgehead atoms. The molecular formula is C16H22N6O. The van der Waals surface area contributed by atoms with E-state index in [1.807, 2.05) is 32.0 Å². The van der Waals surface area contributed by atoms with E-state index < -0.39 is 0 Å². The van der Waals surface area contributed by atoms with E-state index in [1.165, 1.54) is 0 Å². The van der Waals surface area contributed by atoms with Gasteiger partial charge in [-0.05, 0) is 50.8 Å². The van der Waals surface area contributed by atoms with Crippen molar-refractivity contribution in [3.8, 4) is 5.82 Å². The summed E-state index contributed by atoms with van der Waals surface area (Å²) in [6, 6.07) is 5.90. The van der Waals surface area contributed by atoms with Crippen LogP contribution in [0, 0.1) is 19.8 Å². The van der Waals surface area contributed by atoms with E-state index in [1.54, 1.807) is 4.68 Å². The Morgan fingerprint density at radius 3 is 2.65 bits per heavy atom. The predicted octanol–water partition coefficient (Wildman–Crippen LogP) is 1.37. The number of carbonyl (C=O) groups excluding carboxylic acids is 1. The Morgan fingerprint density at radius 1 is 1.30 bits per heavy atom. The Kier molecular flexibility index (Phi) is 4.27. The largest absolute Gasteiger partial charge is 0.370 e. The minimum Gasteiger partial charge on any atom is -0.370 e. The molecule has 0 aliphatic carbocycles. The van der Waals surface area contributed by atoms with Crippen LogP contribution in [0.25, 0.3) is 5.82 Å². The Labute approximate surface area is 135 Å². The van der Waals surface area contributed by atoms with Crippen LogP contribution in [-0.4, -0.2) is 39.0 Å². The second kappa shape index (κ2) is 6.36. The minimum atomic E-state index is -0.234. The lowest BCUT2D eigenvalue weighted by molar-refractivity contribution is -0.118. The first-order chi connectivity index (χ1) is 11.0. The number of rotatable bonds is 4. The smallest absolute Gasteiger partial charge is 0.217 e. The second-order valence-corrected chi connectivity index (χ2v) is 6.21. The van der Waals surface area contributed by atoms with E-state index >= 15 is 0 Å². The van der Waals surface area contributed by atoms with Crippen molar-refractivity contribution in [2.45, 2.75) is 33.1 Å². The fourth-order valence-corrected chi connectivity index (χ4v) is 3.18. The Morgan fingerprint density at radius 2 is 2.04 bits per heavy atom. The molecule has 7 heteroatoms. The maximum atomic E-state index is 11.1. The summed E-state index contributed by atoms with van der Waals surface area (Å²) in [6.45, 7) is 5.69. The number of primary amides is 1. The molecule has 1 aliphatic rings. The first-order valence-corrected chi connectivity index (χ1v) is 7.93. The van der Waals surface area contributed by atoms with Crippen molar-refractivity contribution < 1.29 is 4.79 Å². The van der Waals surface area contributed by atoms with Gasteiger partial charge in [0.25, 0.3) is 0 Å². The minimum absolute atomic E-state index is 0.234. The van der Waals surface area contributed by atoms with E-state index in [-0.39, 0.29) is 5.91 Å². The molecule has 2 N–H and O–H groups in total. The van der Waals surface area contributed by atoms with E-state index in [4.69, 9.17) is 5.73 Å². The van der Waals surface area contributed by atoms with Gasteiger partial charge in [-0.3, -0.25) is 4.79 Å². The number of nitrogens with two attached hydrogens (primary N) is 1. The molecule has 1 unspecified atom stereocenters. The lowest BCUT2D eigenvalue weighted by atomic mass is 9.94. The number of carbonyl (C=O) groups is 1. The number of aromatic nitrogens is 4. The fourth-order valence-electron chi connectivity index (χ4n) is 3.18. The molecule has 2 aromatic heterocycles. The molecule has 2 aromatic rings. The number of aryl methyl sites for hydroxylation is 2. The first-order valence-electron chi connectivity index (χ1n) is 7.93. The average Bonchev–Trinajstić information content (AvgIpc) is 2.86. The number of hydrogen-bond acceptors (Lipinski definition) is 5. The topological polar surface area (TPSA) is 89.9 Å². The summed E-state index contributed by atoms with van der Waals surface area (Å²) in [5.74, 6) is 1.62. The van der Waals surface area contributed by atoms with Gasteiger partial charge >= 0.3 is 0 Å². The SMILES string of the molecule is Cc1cc(C)n(-c2ccc(N3CCCC(CC(N)=O)C3)nn2)n1. The molecule has 0 saturated carbocycles. The highest BCUT2D eigenvalue weighted by Gasteiger charge is 2.22. The molecule has 1 atom stereocenters. The molecule has 7 nitrogen and oxygen atoms in total. The third-order valence-electron chi connectivity index (χ3n) is 4.20. The molecule has 122 valence electrons. The predicted molar refractivity (Wildman–Crippen MR) is 87.4 cm³/mol. The Balaban J connectivity index is 1.74. The number of amides is 1. The van der Waals surface area contributed by atoms with Gasteiger partial charge in [0.1, 0.15) is 0 Å². The average molecular weight is 314 g/mol. The van der Waals surface area contributed by atoms with Crippen LogP contribution in [0.15, 0.2) is 18.2 Å². The standard InChI is InChI=1S/C16H22N6O/c1-11-8-12(2)22(20-11)16-6-5-15(18-19-16)21-7-3-4-13(10-21)9-14(17)23/h5-6,8,13H,3-4,7,9-10H2,1-2H3,(H2,17,23). The monoisotopic (exact) mass is 314 g/mol. The van der Waals surface area contributed by atoms with E-state index in [0.717, 1.165) is 43.1 Å². The summed E-state index contributed by atoms with van der Waals surface area (Å²) < 4.78 is 1.79. The summed E-state index contributed by atoms with van der Waals surface area (Å²) in [6.07, 6.45) is 2.52. The van der Waals surface area contributed by atoms with E-state index in [0.29, 0.717) is 18.2 Å². The second-order valence-electron chi connectivity index (χ2n) is 6.21. The molecule has 0 spiro atoms. The van der Waals surface area contributed by atoms with Crippen molar-refractivity contribution in [2.75, 3.05) is 18.0 Å². The van der Waals surface area contributed by atoms with Crippen molar-refractivity contribution in [2.24, 2.45) is 11.7 Å². The molecule has 23 heavy (non-hydrogen) atoms. The summed E-state index contributed by atoms with van der Waals surface area (Å²) in [5.41, 5.74) is 7.30. The van der Waals surface area contributed by atoms with Gasteiger partial charge in [-0.2, -0.15) is 5.10 Å². The van der Waals surface area contributed by atoms with Gasteiger partial charge in [0, 0.05) is 25.2 Å². The lowest BCUT2D eigenvalue weighted by Crippen LogP contribution is -2.37. The maximum Gasteiger partial charge on any atom is 0.217 e. The van der Waals surface area contributed by atoms with Crippen molar-refractivity contribution in [3.63, 3.8) is 0 Å². The third-order valence-corrected chi connectivity index (χ3v) is 4.20. The van der Waals surface area contributed by atoms with Crippen LogP contribution in [0.3, 0.4) is 0 Å². The highest BCUT2D eigenvalue weighted by atomic mass is 16.1. The van der Waals surface area contributed by atoms with Crippen LogP contribution < -0.4 is 10.6 Å². The fraction of sp³-hybridized carbons (Fsp3) is 0.500. The lowest BCUT2D eigenvalue weighted by Gasteiger charge is -2.32. The van der Waals surface area contributed by atoms with Crippen molar-refractivity contribution in [3.05, 3.63) is 29.6 Å². The van der Waals surface area contributed by atoms with Crippen LogP contribution in [0.5, 0.6) is 0 Å². The van der Waals surface area contributed by atoms with Gasteiger partial charge < -0.3 is 10.6 Å². The number of anilines is 1. The van der Waals surface area contributed by atoms with Gasteiger partial charge in [-0.15, -0.1) is 10.2 Å². The highest BCUT2D eigenvalue weighted by Crippen LogP contribution is 2.23. The van der Waals surface area contributed by atoms with Gasteiger partial charge in [-0.25, -0.2) is 4.68 Å². The van der Waals surface area contributed by atoms with E-state index in [9.17, 15) is 4.79 Å². The Hall–Kier alpha value is -2.44. The number of piperidine rings is 1. The third kappa shape index (κ3) is 3.49. The van der Waals surface area contributed by atoms with Crippen molar-refractivity contribution >= 4 is 11.7 Å². The van der Waals surface area contributed by atoms with Gasteiger partial charge in [0.15, 0.2) is 11.6 Å². The highest BCUT2D eigenvalue weighted by molar-refractivity contribution is 5.74. The number of nitrogens with zero attached hydrogens (tertiary/aromatic N) is 5. The molecule has 0 radical (unpaired) electrons. The van der Waals surface area contributed by atoms with Crippen LogP contribution in [0.4, 0.5) is 5.82 Å². The van der Waals surface area contributed by atoms with Crippen molar-refractivity contribution in [1.82, 2.24) is 20.0 Å². The molecule has 3 heterocycles. The maximum absolute atomic E-state index is 11.1. The molecule has 1 amide bonds. The van der Waals surface area contributed by atoms with Gasteiger partial charge in [0.2, 0.25) is 5.91 Å². The van der Waals surface area contributed by atoms with Gasteiger partial charge in [-0.1, -0.05) is 0 Å². The first kappa shape index (κ1) is 15.5. The quantitative estimate of drug-likeness (QED) is 0.920. The van der Waals surface area contributed by atoms with Crippen LogP contribution >= 0.6 is 0 Å². The molecule has 1 saturated heterocycles.